The van der Waals surface area contributed by atoms with Crippen molar-refractivity contribution in [3.63, 3.8) is 0 Å². The molecule has 0 bridgehead atoms. The Labute approximate surface area is 171 Å². The zero-order chi connectivity index (χ0) is 21.3. The maximum Gasteiger partial charge on any atom is 0.173 e. The smallest absolute Gasteiger partial charge is 0.173 e. The van der Waals surface area contributed by atoms with Crippen molar-refractivity contribution in [1.82, 2.24) is 10.2 Å². The van der Waals surface area contributed by atoms with Crippen LogP contribution in [0.15, 0.2) is 59.9 Å². The molecule has 0 aliphatic heterocycles. The highest BCUT2D eigenvalue weighted by Crippen LogP contribution is 2.41. The van der Waals surface area contributed by atoms with Gasteiger partial charge in [-0.2, -0.15) is 5.10 Å². The van der Waals surface area contributed by atoms with E-state index in [1.54, 1.807) is 48.7 Å². The molecule has 3 aromatic carbocycles. The molecular formula is C23H20F2N4O. The molecule has 7 heteroatoms. The van der Waals surface area contributed by atoms with Crippen LogP contribution in [0.2, 0.25) is 0 Å². The normalized spacial score (nSPS) is 11.9. The van der Waals surface area contributed by atoms with E-state index < -0.39 is 17.5 Å². The number of benzene rings is 3. The maximum atomic E-state index is 15.8. The molecular weight excluding hydrogens is 386 g/mol. The topological polar surface area (TPSA) is 87.3 Å². The number of rotatable bonds is 5. The Morgan fingerprint density at radius 1 is 1.07 bits per heavy atom. The lowest BCUT2D eigenvalue weighted by Crippen LogP contribution is -2.19. The summed E-state index contributed by atoms with van der Waals surface area (Å²) in [5, 5.41) is 20.1. The van der Waals surface area contributed by atoms with Gasteiger partial charge in [0.2, 0.25) is 0 Å². The van der Waals surface area contributed by atoms with Crippen molar-refractivity contribution in [2.24, 2.45) is 10.9 Å². The van der Waals surface area contributed by atoms with Crippen LogP contribution in [-0.2, 0) is 6.42 Å². The average molecular weight is 406 g/mol. The number of fused-ring (bicyclic) bond motifs is 1. The van der Waals surface area contributed by atoms with E-state index in [9.17, 15) is 5.21 Å². The second-order valence-electron chi connectivity index (χ2n) is 7.00. The van der Waals surface area contributed by atoms with Crippen LogP contribution in [-0.4, -0.2) is 21.2 Å². The van der Waals surface area contributed by atoms with Crippen LogP contribution < -0.4 is 5.73 Å². The number of amidine groups is 1. The minimum atomic E-state index is -0.810. The average Bonchev–Trinajstić information content (AvgIpc) is 3.24. The zero-order valence-corrected chi connectivity index (χ0v) is 16.3. The third-order valence-electron chi connectivity index (χ3n) is 5.13. The largest absolute Gasteiger partial charge is 0.409 e. The van der Waals surface area contributed by atoms with Crippen LogP contribution >= 0.6 is 0 Å². The molecule has 30 heavy (non-hydrogen) atoms. The molecule has 5 nitrogen and oxygen atoms in total. The Hall–Kier alpha value is -3.74. The number of halogens is 2. The molecule has 0 unspecified atom stereocenters. The van der Waals surface area contributed by atoms with Gasteiger partial charge in [0.05, 0.1) is 17.3 Å². The molecule has 0 aliphatic carbocycles. The van der Waals surface area contributed by atoms with Crippen molar-refractivity contribution in [1.29, 1.82) is 0 Å². The van der Waals surface area contributed by atoms with Gasteiger partial charge in [-0.25, -0.2) is 8.78 Å². The Bertz CT molecular complexity index is 1250. The van der Waals surface area contributed by atoms with Crippen molar-refractivity contribution >= 4 is 16.7 Å². The highest BCUT2D eigenvalue weighted by Gasteiger charge is 2.28. The van der Waals surface area contributed by atoms with E-state index >= 15 is 8.78 Å². The molecule has 1 aromatic heterocycles. The second kappa shape index (κ2) is 7.94. The first-order valence-electron chi connectivity index (χ1n) is 9.57. The number of nitrogens with zero attached hydrogens (tertiary/aromatic N) is 2. The number of hydrogen-bond acceptors (Lipinski definition) is 3. The van der Waals surface area contributed by atoms with Gasteiger partial charge in [-0.1, -0.05) is 61.0 Å². The lowest BCUT2D eigenvalue weighted by atomic mass is 9.86. The summed E-state index contributed by atoms with van der Waals surface area (Å²) in [7, 11) is 0. The highest BCUT2D eigenvalue weighted by molar-refractivity contribution is 6.07. The molecule has 152 valence electrons. The molecule has 0 spiro atoms. The van der Waals surface area contributed by atoms with Crippen LogP contribution in [0.25, 0.3) is 33.2 Å². The molecule has 0 fully saturated rings. The quantitative estimate of drug-likeness (QED) is 0.184. The minimum Gasteiger partial charge on any atom is -0.409 e. The van der Waals surface area contributed by atoms with Gasteiger partial charge in [-0.3, -0.25) is 5.10 Å². The summed E-state index contributed by atoms with van der Waals surface area (Å²) in [5.41, 5.74) is 7.93. The predicted molar refractivity (Wildman–Crippen MR) is 113 cm³/mol. The van der Waals surface area contributed by atoms with Crippen LogP contribution in [0.4, 0.5) is 8.78 Å². The lowest BCUT2D eigenvalue weighted by Gasteiger charge is -2.20. The third-order valence-corrected chi connectivity index (χ3v) is 5.13. The fourth-order valence-corrected chi connectivity index (χ4v) is 3.76. The molecule has 0 atom stereocenters. The fourth-order valence-electron chi connectivity index (χ4n) is 3.76. The van der Waals surface area contributed by atoms with Gasteiger partial charge in [0.15, 0.2) is 5.84 Å². The van der Waals surface area contributed by atoms with E-state index in [1.807, 2.05) is 13.0 Å². The summed E-state index contributed by atoms with van der Waals surface area (Å²) in [6.45, 7) is 1.84. The van der Waals surface area contributed by atoms with E-state index in [4.69, 9.17) is 5.73 Å². The Morgan fingerprint density at radius 3 is 2.53 bits per heavy atom. The number of aromatic amines is 1. The van der Waals surface area contributed by atoms with Gasteiger partial charge in [-0.05, 0) is 23.6 Å². The van der Waals surface area contributed by atoms with Crippen molar-refractivity contribution in [2.45, 2.75) is 19.8 Å². The van der Waals surface area contributed by atoms with Gasteiger partial charge in [0.1, 0.15) is 11.6 Å². The molecule has 0 aliphatic rings. The number of hydrogen-bond donors (Lipinski definition) is 3. The number of nitrogens with two attached hydrogens (primary N) is 1. The monoisotopic (exact) mass is 406 g/mol. The Kier molecular flexibility index (Phi) is 5.18. The number of oxime groups is 1. The number of nitrogens with one attached hydrogen (secondary N) is 1. The standard InChI is InChI=1S/C23H20F2N4O/c1-2-6-16-21(24)19(14-9-10-15-12-27-28-17(15)11-14)18(13-7-4-3-5-8-13)20(22(16)25)23(26)29-30/h3-5,7-12,30H,2,6H2,1H3,(H2,26,29)(H,27,28). The first-order valence-corrected chi connectivity index (χ1v) is 9.57. The summed E-state index contributed by atoms with van der Waals surface area (Å²) in [6, 6.07) is 14.1. The summed E-state index contributed by atoms with van der Waals surface area (Å²) in [6.07, 6.45) is 2.38. The molecule has 4 N–H and O–H groups in total. The molecule has 0 saturated carbocycles. The van der Waals surface area contributed by atoms with E-state index in [-0.39, 0.29) is 28.7 Å². The van der Waals surface area contributed by atoms with Crippen LogP contribution in [0.3, 0.4) is 0 Å². The van der Waals surface area contributed by atoms with Crippen molar-refractivity contribution < 1.29 is 14.0 Å². The van der Waals surface area contributed by atoms with Crippen molar-refractivity contribution in [2.75, 3.05) is 0 Å². The second-order valence-corrected chi connectivity index (χ2v) is 7.00. The first kappa shape index (κ1) is 19.6. The zero-order valence-electron chi connectivity index (χ0n) is 16.3. The molecule has 0 radical (unpaired) electrons. The Balaban J connectivity index is 2.17. The van der Waals surface area contributed by atoms with E-state index in [1.165, 1.54) is 0 Å². The number of H-pyrrole nitrogens is 1. The first-order chi connectivity index (χ1) is 14.6. The van der Waals surface area contributed by atoms with Gasteiger partial charge in [0, 0.05) is 22.1 Å². The maximum absolute atomic E-state index is 15.8. The summed E-state index contributed by atoms with van der Waals surface area (Å²) < 4.78 is 31.3. The molecule has 4 aromatic rings. The van der Waals surface area contributed by atoms with E-state index in [2.05, 4.69) is 15.4 Å². The predicted octanol–water partition coefficient (Wildman–Crippen LogP) is 5.22. The molecule has 4 rings (SSSR count). The van der Waals surface area contributed by atoms with Gasteiger partial charge < -0.3 is 10.9 Å². The lowest BCUT2D eigenvalue weighted by molar-refractivity contribution is 0.318. The van der Waals surface area contributed by atoms with Crippen molar-refractivity contribution in [3.05, 3.63) is 77.5 Å². The minimum absolute atomic E-state index is 0.0847. The van der Waals surface area contributed by atoms with E-state index in [0.717, 1.165) is 10.9 Å². The molecule has 0 saturated heterocycles. The van der Waals surface area contributed by atoms with Crippen LogP contribution in [0.1, 0.15) is 24.5 Å². The van der Waals surface area contributed by atoms with Gasteiger partial charge >= 0.3 is 0 Å². The SMILES string of the molecule is CCCc1c(F)c(C(N)=NO)c(-c2ccccc2)c(-c2ccc3cn[nH]c3c2)c1F. The molecule has 0 amide bonds. The van der Waals surface area contributed by atoms with Gasteiger partial charge in [-0.15, -0.1) is 0 Å². The highest BCUT2D eigenvalue weighted by atomic mass is 19.1. The van der Waals surface area contributed by atoms with Crippen LogP contribution in [0, 0.1) is 11.6 Å². The third kappa shape index (κ3) is 3.18. The van der Waals surface area contributed by atoms with Crippen molar-refractivity contribution in [3.8, 4) is 22.3 Å². The summed E-state index contributed by atoms with van der Waals surface area (Å²) >= 11 is 0. The summed E-state index contributed by atoms with van der Waals surface area (Å²) in [4.78, 5) is 0. The Morgan fingerprint density at radius 2 is 1.83 bits per heavy atom. The summed E-state index contributed by atoms with van der Waals surface area (Å²) in [5.74, 6) is -1.87. The van der Waals surface area contributed by atoms with Crippen LogP contribution in [0.5, 0.6) is 0 Å². The fraction of sp³-hybridized carbons (Fsp3) is 0.130. The molecule has 1 heterocycles. The number of aromatic nitrogens is 2. The van der Waals surface area contributed by atoms with Gasteiger partial charge in [0.25, 0.3) is 0 Å². The van der Waals surface area contributed by atoms with E-state index in [0.29, 0.717) is 17.5 Å².